The second kappa shape index (κ2) is 6.53. The number of aliphatic imine (C=N–C) groups is 1. The molecule has 2 fully saturated rings. The van der Waals surface area contributed by atoms with Gasteiger partial charge >= 0.3 is 0 Å². The van der Waals surface area contributed by atoms with Gasteiger partial charge in [0.2, 0.25) is 0 Å². The fourth-order valence-electron chi connectivity index (χ4n) is 3.12. The summed E-state index contributed by atoms with van der Waals surface area (Å²) in [5.41, 5.74) is 0.331. The fraction of sp³-hybridized carbons (Fsp3) is 0.938. The molecule has 1 saturated heterocycles. The maximum absolute atomic E-state index is 5.51. The Morgan fingerprint density at radius 2 is 2.14 bits per heavy atom. The lowest BCUT2D eigenvalue weighted by Crippen LogP contribution is -2.63. The van der Waals surface area contributed by atoms with Crippen molar-refractivity contribution in [2.45, 2.75) is 52.7 Å². The third-order valence-electron chi connectivity index (χ3n) is 5.04. The molecule has 2 rings (SSSR count). The van der Waals surface area contributed by atoms with Gasteiger partial charge in [0.05, 0.1) is 19.3 Å². The van der Waals surface area contributed by atoms with Gasteiger partial charge in [-0.05, 0) is 19.8 Å². The highest BCUT2D eigenvalue weighted by molar-refractivity contribution is 5.80. The van der Waals surface area contributed by atoms with E-state index in [1.165, 1.54) is 0 Å². The number of rotatable bonds is 5. The molecule has 0 radical (unpaired) electrons. The number of hydrogen-bond donors (Lipinski definition) is 2. The predicted molar refractivity (Wildman–Crippen MR) is 85.6 cm³/mol. The summed E-state index contributed by atoms with van der Waals surface area (Å²) in [4.78, 5) is 4.78. The zero-order valence-electron chi connectivity index (χ0n) is 14.2. The van der Waals surface area contributed by atoms with Crippen LogP contribution in [0.1, 0.15) is 40.5 Å². The van der Waals surface area contributed by atoms with Gasteiger partial charge in [-0.15, -0.1) is 0 Å². The molecule has 0 spiro atoms. The third kappa shape index (κ3) is 3.69. The SMILES string of the molecule is CCNC(=NCC1(C)CCOC1)NC1CC(OC)C1(C)C. The van der Waals surface area contributed by atoms with Crippen molar-refractivity contribution in [3.63, 3.8) is 0 Å². The molecular formula is C16H31N3O2. The summed E-state index contributed by atoms with van der Waals surface area (Å²) >= 11 is 0. The normalized spacial score (nSPS) is 35.4. The van der Waals surface area contributed by atoms with Crippen LogP contribution in [0, 0.1) is 10.8 Å². The molecule has 1 saturated carbocycles. The maximum atomic E-state index is 5.51. The molecule has 5 nitrogen and oxygen atoms in total. The van der Waals surface area contributed by atoms with Crippen LogP contribution in [0.3, 0.4) is 0 Å². The van der Waals surface area contributed by atoms with Crippen LogP contribution in [0.5, 0.6) is 0 Å². The Morgan fingerprint density at radius 1 is 1.38 bits per heavy atom. The predicted octanol–water partition coefficient (Wildman–Crippen LogP) is 1.78. The van der Waals surface area contributed by atoms with Crippen molar-refractivity contribution in [2.75, 3.05) is 33.4 Å². The highest BCUT2D eigenvalue weighted by Crippen LogP contribution is 2.42. The topological polar surface area (TPSA) is 54.9 Å². The molecule has 1 aliphatic heterocycles. The highest BCUT2D eigenvalue weighted by atomic mass is 16.5. The highest BCUT2D eigenvalue weighted by Gasteiger charge is 2.49. The molecule has 2 aliphatic rings. The minimum atomic E-state index is 0.144. The lowest BCUT2D eigenvalue weighted by atomic mass is 9.64. The number of nitrogens with one attached hydrogen (secondary N) is 2. The van der Waals surface area contributed by atoms with Gasteiger partial charge in [0, 0.05) is 37.1 Å². The van der Waals surface area contributed by atoms with E-state index in [-0.39, 0.29) is 10.8 Å². The first-order valence-electron chi connectivity index (χ1n) is 8.06. The van der Waals surface area contributed by atoms with Crippen molar-refractivity contribution in [3.05, 3.63) is 0 Å². The summed E-state index contributed by atoms with van der Waals surface area (Å²) < 4.78 is 11.0. The summed E-state index contributed by atoms with van der Waals surface area (Å²) in [7, 11) is 1.79. The second-order valence-corrected chi connectivity index (χ2v) is 7.29. The zero-order valence-corrected chi connectivity index (χ0v) is 14.2. The van der Waals surface area contributed by atoms with Crippen molar-refractivity contribution in [2.24, 2.45) is 15.8 Å². The van der Waals surface area contributed by atoms with Gasteiger partial charge in [0.15, 0.2) is 5.96 Å². The molecule has 2 N–H and O–H groups in total. The number of ether oxygens (including phenoxy) is 2. The van der Waals surface area contributed by atoms with Crippen molar-refractivity contribution in [1.29, 1.82) is 0 Å². The van der Waals surface area contributed by atoms with Gasteiger partial charge in [-0.25, -0.2) is 0 Å². The fourth-order valence-corrected chi connectivity index (χ4v) is 3.12. The van der Waals surface area contributed by atoms with E-state index in [1.54, 1.807) is 7.11 Å². The number of guanidine groups is 1. The Bertz CT molecular complexity index is 376. The zero-order chi connectivity index (χ0) is 15.5. The first-order valence-corrected chi connectivity index (χ1v) is 8.06. The average Bonchev–Trinajstić information content (AvgIpc) is 2.87. The van der Waals surface area contributed by atoms with Crippen LogP contribution in [-0.4, -0.2) is 51.5 Å². The molecule has 5 heteroatoms. The molecule has 3 unspecified atom stereocenters. The van der Waals surface area contributed by atoms with Gasteiger partial charge in [0.1, 0.15) is 0 Å². The van der Waals surface area contributed by atoms with E-state index in [9.17, 15) is 0 Å². The lowest BCUT2D eigenvalue weighted by molar-refractivity contribution is -0.0922. The second-order valence-electron chi connectivity index (χ2n) is 7.29. The molecule has 122 valence electrons. The van der Waals surface area contributed by atoms with Crippen molar-refractivity contribution < 1.29 is 9.47 Å². The maximum Gasteiger partial charge on any atom is 0.191 e. The van der Waals surface area contributed by atoms with E-state index in [0.717, 1.165) is 45.1 Å². The Balaban J connectivity index is 1.93. The van der Waals surface area contributed by atoms with E-state index >= 15 is 0 Å². The van der Waals surface area contributed by atoms with Gasteiger partial charge in [0.25, 0.3) is 0 Å². The molecule has 21 heavy (non-hydrogen) atoms. The van der Waals surface area contributed by atoms with Crippen molar-refractivity contribution >= 4 is 5.96 Å². The summed E-state index contributed by atoms with van der Waals surface area (Å²) in [5, 5.41) is 6.92. The van der Waals surface area contributed by atoms with E-state index in [2.05, 4.69) is 38.3 Å². The Labute approximate surface area is 128 Å². The lowest BCUT2D eigenvalue weighted by Gasteiger charge is -2.51. The van der Waals surface area contributed by atoms with Crippen LogP contribution < -0.4 is 10.6 Å². The molecular weight excluding hydrogens is 266 g/mol. The molecule has 0 aromatic carbocycles. The quantitative estimate of drug-likeness (QED) is 0.600. The number of methoxy groups -OCH3 is 1. The van der Waals surface area contributed by atoms with E-state index < -0.39 is 0 Å². The minimum absolute atomic E-state index is 0.144. The van der Waals surface area contributed by atoms with Crippen LogP contribution in [0.4, 0.5) is 0 Å². The minimum Gasteiger partial charge on any atom is -0.381 e. The number of hydrogen-bond acceptors (Lipinski definition) is 3. The van der Waals surface area contributed by atoms with Gasteiger partial charge < -0.3 is 20.1 Å². The Hall–Kier alpha value is -0.810. The Morgan fingerprint density at radius 3 is 2.67 bits per heavy atom. The summed E-state index contributed by atoms with van der Waals surface area (Å²) in [6.07, 6.45) is 2.46. The van der Waals surface area contributed by atoms with Crippen molar-refractivity contribution in [3.8, 4) is 0 Å². The average molecular weight is 297 g/mol. The van der Waals surface area contributed by atoms with E-state index in [1.807, 2.05) is 0 Å². The van der Waals surface area contributed by atoms with Gasteiger partial charge in [-0.2, -0.15) is 0 Å². The third-order valence-corrected chi connectivity index (χ3v) is 5.04. The first-order chi connectivity index (χ1) is 9.91. The van der Waals surface area contributed by atoms with Crippen LogP contribution in [0.2, 0.25) is 0 Å². The largest absolute Gasteiger partial charge is 0.381 e. The molecule has 1 aliphatic carbocycles. The Kier molecular flexibility index (Phi) is 5.15. The molecule has 0 bridgehead atoms. The smallest absolute Gasteiger partial charge is 0.191 e. The molecule has 3 atom stereocenters. The molecule has 0 amide bonds. The summed E-state index contributed by atoms with van der Waals surface area (Å²) in [6, 6.07) is 0.410. The number of nitrogens with zero attached hydrogens (tertiary/aromatic N) is 1. The molecule has 1 heterocycles. The molecule has 0 aromatic heterocycles. The first kappa shape index (κ1) is 16.6. The van der Waals surface area contributed by atoms with Crippen LogP contribution in [0.25, 0.3) is 0 Å². The molecule has 0 aromatic rings. The summed E-state index contributed by atoms with van der Waals surface area (Å²) in [6.45, 7) is 12.2. The van der Waals surface area contributed by atoms with E-state index in [4.69, 9.17) is 14.5 Å². The van der Waals surface area contributed by atoms with Crippen LogP contribution >= 0.6 is 0 Å². The van der Waals surface area contributed by atoms with Gasteiger partial charge in [-0.1, -0.05) is 20.8 Å². The van der Waals surface area contributed by atoms with Crippen LogP contribution in [0.15, 0.2) is 4.99 Å². The standard InChI is InChI=1S/C16H31N3O2/c1-6-17-14(18-10-16(4)7-8-21-11-16)19-12-9-13(20-5)15(12,2)3/h12-13H,6-11H2,1-5H3,(H2,17,18,19). The van der Waals surface area contributed by atoms with Crippen molar-refractivity contribution in [1.82, 2.24) is 10.6 Å². The van der Waals surface area contributed by atoms with Crippen LogP contribution in [-0.2, 0) is 9.47 Å². The monoisotopic (exact) mass is 297 g/mol. The van der Waals surface area contributed by atoms with Gasteiger partial charge in [-0.3, -0.25) is 4.99 Å². The van der Waals surface area contributed by atoms with E-state index in [0.29, 0.717) is 12.1 Å². The summed E-state index contributed by atoms with van der Waals surface area (Å²) in [5.74, 6) is 0.915.